The Morgan fingerprint density at radius 3 is 2.03 bits per heavy atom. The summed E-state index contributed by atoms with van der Waals surface area (Å²) in [4.78, 5) is 26.3. The third-order valence-corrected chi connectivity index (χ3v) is 11.0. The fourth-order valence-electron chi connectivity index (χ4n) is 4.83. The summed E-state index contributed by atoms with van der Waals surface area (Å²) in [6, 6.07) is 20.7. The van der Waals surface area contributed by atoms with Crippen LogP contribution in [0.25, 0.3) is 0 Å². The van der Waals surface area contributed by atoms with Crippen LogP contribution in [0.2, 0.25) is 0 Å². The van der Waals surface area contributed by atoms with E-state index in [2.05, 4.69) is 0 Å². The molecule has 0 aliphatic carbocycles. The van der Waals surface area contributed by atoms with Gasteiger partial charge in [-0.05, 0) is 48.7 Å². The van der Waals surface area contributed by atoms with Gasteiger partial charge in [-0.15, -0.1) is 0 Å². The van der Waals surface area contributed by atoms with Gasteiger partial charge >= 0.3 is 0 Å². The van der Waals surface area contributed by atoms with E-state index in [4.69, 9.17) is 0 Å². The van der Waals surface area contributed by atoms with Gasteiger partial charge in [-0.25, -0.2) is 16.8 Å². The average molecular weight is 525 g/mol. The minimum atomic E-state index is -4.29. The second kappa shape index (κ2) is 9.27. The molecule has 0 saturated heterocycles. The zero-order valence-electron chi connectivity index (χ0n) is 19.3. The number of amides is 2. The van der Waals surface area contributed by atoms with E-state index >= 15 is 0 Å². The molecule has 0 fully saturated rings. The highest BCUT2D eigenvalue weighted by Crippen LogP contribution is 2.39. The van der Waals surface area contributed by atoms with Crippen molar-refractivity contribution in [3.05, 3.63) is 95.6 Å². The Kier molecular flexibility index (Phi) is 6.27. The Balaban J connectivity index is 1.34. The number of fused-ring (bicyclic) bond motifs is 2. The Hall–Kier alpha value is -3.34. The van der Waals surface area contributed by atoms with Crippen molar-refractivity contribution in [1.29, 1.82) is 0 Å². The maximum absolute atomic E-state index is 13.3. The van der Waals surface area contributed by atoms with Gasteiger partial charge in [-0.3, -0.25) is 14.5 Å². The summed E-state index contributed by atoms with van der Waals surface area (Å²) < 4.78 is 53.9. The monoisotopic (exact) mass is 524 g/mol. The van der Waals surface area contributed by atoms with Crippen molar-refractivity contribution < 1.29 is 26.4 Å². The van der Waals surface area contributed by atoms with Crippen LogP contribution in [0.4, 0.5) is 0 Å². The van der Waals surface area contributed by atoms with Crippen molar-refractivity contribution in [3.8, 4) is 0 Å². The molecule has 5 rings (SSSR count). The number of carbonyl (C=O) groups excluding carboxylic acids is 2. The van der Waals surface area contributed by atoms with Gasteiger partial charge in [0.15, 0.2) is 0 Å². The Bertz CT molecular complexity index is 1520. The number of carbonyl (C=O) groups is 2. The first-order valence-electron chi connectivity index (χ1n) is 11.6. The smallest absolute Gasteiger partial charge is 0.261 e. The summed E-state index contributed by atoms with van der Waals surface area (Å²) in [6.07, 6.45) is 1.59. The molecule has 1 atom stereocenters. The van der Waals surface area contributed by atoms with Gasteiger partial charge < -0.3 is 0 Å². The van der Waals surface area contributed by atoms with Gasteiger partial charge in [-0.1, -0.05) is 58.7 Å². The molecule has 8 nitrogen and oxygen atoms in total. The van der Waals surface area contributed by atoms with Crippen molar-refractivity contribution >= 4 is 31.9 Å². The first-order chi connectivity index (χ1) is 17.2. The fraction of sp³-hybridized carbons (Fsp3) is 0.231. The molecule has 3 aromatic rings. The first-order valence-corrected chi connectivity index (χ1v) is 14.5. The molecule has 0 spiro atoms. The number of hydrogen-bond donors (Lipinski definition) is 0. The quantitative estimate of drug-likeness (QED) is 0.345. The van der Waals surface area contributed by atoms with E-state index in [1.165, 1.54) is 23.1 Å². The average Bonchev–Trinajstić information content (AvgIpc) is 3.13. The molecular formula is C26H24N2O6S2. The molecule has 0 aromatic heterocycles. The number of nitrogens with zero attached hydrogens (tertiary/aromatic N) is 2. The lowest BCUT2D eigenvalue weighted by atomic mass is 9.93. The Morgan fingerprint density at radius 1 is 0.778 bits per heavy atom. The summed E-state index contributed by atoms with van der Waals surface area (Å²) >= 11 is 0. The van der Waals surface area contributed by atoms with Crippen LogP contribution in [-0.4, -0.2) is 50.3 Å². The third kappa shape index (κ3) is 4.04. The van der Waals surface area contributed by atoms with Gasteiger partial charge in [0.1, 0.15) is 0 Å². The molecule has 0 radical (unpaired) electrons. The second-order valence-corrected chi connectivity index (χ2v) is 12.7. The molecule has 2 aliphatic heterocycles. The van der Waals surface area contributed by atoms with E-state index in [1.54, 1.807) is 60.7 Å². The molecule has 1 unspecified atom stereocenters. The standard InChI is InChI=1S/C26H24N2O6S2/c29-25-22-14-4-5-15-23(22)26(30)27(25)17-9-8-10-19-18-28(35(31,32)20-11-2-1-3-12-20)36(33,34)24-16-7-6-13-21(19)24/h1-7,11-16,19H,8-10,17-18H2. The van der Waals surface area contributed by atoms with Crippen LogP contribution >= 0.6 is 0 Å². The SMILES string of the molecule is O=C1c2ccccc2C(=O)N1CCCCC1CN(S(=O)(=O)c2ccccc2)S(=O)(=O)c2ccccc21. The molecule has 0 saturated carbocycles. The van der Waals surface area contributed by atoms with Crippen LogP contribution in [0.15, 0.2) is 88.7 Å². The predicted octanol–water partition coefficient (Wildman–Crippen LogP) is 3.63. The molecule has 3 aromatic carbocycles. The second-order valence-electron chi connectivity index (χ2n) is 8.82. The normalized spacial score (nSPS) is 19.2. The summed E-state index contributed by atoms with van der Waals surface area (Å²) in [6.45, 7) is 0.0363. The van der Waals surface area contributed by atoms with Crippen LogP contribution in [0.3, 0.4) is 0 Å². The number of hydrogen-bond acceptors (Lipinski definition) is 6. The van der Waals surface area contributed by atoms with Gasteiger partial charge in [0, 0.05) is 19.0 Å². The molecule has 2 amide bonds. The zero-order chi connectivity index (χ0) is 25.5. The molecule has 10 heteroatoms. The molecule has 2 aliphatic rings. The van der Waals surface area contributed by atoms with Crippen molar-refractivity contribution in [2.24, 2.45) is 0 Å². The van der Waals surface area contributed by atoms with Crippen LogP contribution in [0.5, 0.6) is 0 Å². The van der Waals surface area contributed by atoms with E-state index in [1.807, 2.05) is 0 Å². The van der Waals surface area contributed by atoms with Gasteiger partial charge in [-0.2, -0.15) is 0 Å². The number of imide groups is 1. The van der Waals surface area contributed by atoms with Crippen molar-refractivity contribution in [3.63, 3.8) is 0 Å². The molecule has 186 valence electrons. The van der Waals surface area contributed by atoms with Crippen molar-refractivity contribution in [2.45, 2.75) is 35.0 Å². The van der Waals surface area contributed by atoms with Crippen molar-refractivity contribution in [2.75, 3.05) is 13.1 Å². The lowest BCUT2D eigenvalue weighted by Gasteiger charge is -2.33. The number of benzene rings is 3. The molecule has 0 N–H and O–H groups in total. The lowest BCUT2D eigenvalue weighted by Crippen LogP contribution is -2.43. The van der Waals surface area contributed by atoms with Crippen LogP contribution in [0, 0.1) is 0 Å². The number of unbranched alkanes of at least 4 members (excludes halogenated alkanes) is 1. The summed E-state index contributed by atoms with van der Waals surface area (Å²) in [5.41, 5.74) is 1.38. The van der Waals surface area contributed by atoms with Gasteiger partial charge in [0.25, 0.3) is 31.9 Å². The maximum Gasteiger partial charge on any atom is 0.261 e. The van der Waals surface area contributed by atoms with E-state index < -0.39 is 20.0 Å². The highest BCUT2D eigenvalue weighted by molar-refractivity contribution is 8.04. The van der Waals surface area contributed by atoms with E-state index in [9.17, 15) is 26.4 Å². The molecule has 0 bridgehead atoms. The highest BCUT2D eigenvalue weighted by Gasteiger charge is 2.44. The minimum absolute atomic E-state index is 0.0129. The molecule has 2 heterocycles. The lowest BCUT2D eigenvalue weighted by molar-refractivity contribution is 0.0651. The maximum atomic E-state index is 13.3. The summed E-state index contributed by atoms with van der Waals surface area (Å²) in [5, 5.41) is 0. The fourth-order valence-corrected chi connectivity index (χ4v) is 8.85. The van der Waals surface area contributed by atoms with Gasteiger partial charge in [0.2, 0.25) is 0 Å². The Labute approximate surface area is 210 Å². The highest BCUT2D eigenvalue weighted by atomic mass is 32.3. The van der Waals surface area contributed by atoms with Crippen molar-refractivity contribution in [1.82, 2.24) is 8.61 Å². The van der Waals surface area contributed by atoms with Gasteiger partial charge in [0.05, 0.1) is 20.9 Å². The van der Waals surface area contributed by atoms with Crippen LogP contribution < -0.4 is 0 Å². The largest absolute Gasteiger partial charge is 0.274 e. The van der Waals surface area contributed by atoms with Crippen LogP contribution in [-0.2, 0) is 20.0 Å². The topological polar surface area (TPSA) is 109 Å². The summed E-state index contributed by atoms with van der Waals surface area (Å²) in [5.74, 6) is -0.986. The van der Waals surface area contributed by atoms with E-state index in [-0.39, 0.29) is 40.6 Å². The predicted molar refractivity (Wildman–Crippen MR) is 132 cm³/mol. The third-order valence-electron chi connectivity index (χ3n) is 6.65. The summed E-state index contributed by atoms with van der Waals surface area (Å²) in [7, 11) is -8.55. The Morgan fingerprint density at radius 2 is 1.36 bits per heavy atom. The van der Waals surface area contributed by atoms with Crippen LogP contribution in [0.1, 0.15) is 51.5 Å². The first kappa shape index (κ1) is 24.4. The van der Waals surface area contributed by atoms with E-state index in [0.29, 0.717) is 39.7 Å². The number of rotatable bonds is 7. The molecular weight excluding hydrogens is 500 g/mol. The zero-order valence-corrected chi connectivity index (χ0v) is 20.9. The number of sulfonamides is 2. The minimum Gasteiger partial charge on any atom is -0.274 e. The molecule has 36 heavy (non-hydrogen) atoms. The van der Waals surface area contributed by atoms with E-state index in [0.717, 1.165) is 0 Å².